The Bertz CT molecular complexity index is 4170. The van der Waals surface area contributed by atoms with Gasteiger partial charge in [-0.25, -0.2) is 4.68 Å². The predicted octanol–water partition coefficient (Wildman–Crippen LogP) is 14.4. The minimum atomic E-state index is -4.53. The molecule has 2 amide bonds. The zero-order valence-electron chi connectivity index (χ0n) is 54.0. The highest BCUT2D eigenvalue weighted by molar-refractivity contribution is 7.86. The van der Waals surface area contributed by atoms with Crippen LogP contribution in [0.4, 0.5) is 17.1 Å². The van der Waals surface area contributed by atoms with Crippen molar-refractivity contribution in [2.24, 2.45) is 5.92 Å². The van der Waals surface area contributed by atoms with Crippen molar-refractivity contribution in [3.8, 4) is 28.3 Å². The first-order valence-corrected chi connectivity index (χ1v) is 35.3. The molecule has 19 heteroatoms. The molecule has 0 spiro atoms. The Kier molecular flexibility index (Phi) is 20.6. The lowest BCUT2D eigenvalue weighted by Gasteiger charge is -2.28. The summed E-state index contributed by atoms with van der Waals surface area (Å²) >= 11 is 0. The van der Waals surface area contributed by atoms with Gasteiger partial charge in [0.2, 0.25) is 17.5 Å². The highest BCUT2D eigenvalue weighted by atomic mass is 32.2. The van der Waals surface area contributed by atoms with Gasteiger partial charge in [-0.05, 0) is 148 Å². The Balaban J connectivity index is 0.844. The quantitative estimate of drug-likeness (QED) is 0.0262. The molecule has 0 atom stereocenters. The average molecular weight is 1290 g/mol. The normalized spacial score (nSPS) is 16.8. The Morgan fingerprint density at radius 1 is 0.707 bits per heavy atom. The molecular formula is C73H86N7O10S2+. The maximum atomic E-state index is 14.3. The summed E-state index contributed by atoms with van der Waals surface area (Å²) in [5.41, 5.74) is 11.8. The van der Waals surface area contributed by atoms with Gasteiger partial charge in [-0.2, -0.15) is 21.4 Å². The topological polar surface area (TPSA) is 221 Å². The van der Waals surface area contributed by atoms with Gasteiger partial charge in [-0.1, -0.05) is 119 Å². The van der Waals surface area contributed by atoms with Gasteiger partial charge in [0.25, 0.3) is 20.2 Å². The van der Waals surface area contributed by atoms with Crippen molar-refractivity contribution in [2.75, 3.05) is 29.4 Å². The molecule has 1 aliphatic carbocycles. The third-order valence-electron chi connectivity index (χ3n) is 18.4. The number of carbonyl (C=O) groups is 3. The average Bonchev–Trinajstić information content (AvgIpc) is 1.58. The molecule has 92 heavy (non-hydrogen) atoms. The number of unbranched alkanes of at least 4 members (excludes halogenated alkanes) is 5. The predicted molar refractivity (Wildman–Crippen MR) is 360 cm³/mol. The van der Waals surface area contributed by atoms with E-state index in [1.807, 2.05) is 80.9 Å². The van der Waals surface area contributed by atoms with Gasteiger partial charge >= 0.3 is 0 Å². The maximum absolute atomic E-state index is 14.3. The smallest absolute Gasteiger partial charge is 0.294 e. The Morgan fingerprint density at radius 2 is 1.40 bits per heavy atom. The van der Waals surface area contributed by atoms with Crippen molar-refractivity contribution >= 4 is 60.6 Å². The summed E-state index contributed by atoms with van der Waals surface area (Å²) in [5.74, 6) is 0.953. The first-order chi connectivity index (χ1) is 44.0. The van der Waals surface area contributed by atoms with Crippen LogP contribution >= 0.6 is 0 Å². The van der Waals surface area contributed by atoms with Gasteiger partial charge in [0.1, 0.15) is 29.5 Å². The lowest BCUT2D eigenvalue weighted by molar-refractivity contribution is -0.438. The number of aromatic nitrogens is 3. The molecule has 0 unspecified atom stereocenters. The van der Waals surface area contributed by atoms with Crippen LogP contribution in [0, 0.1) is 5.92 Å². The van der Waals surface area contributed by atoms with E-state index in [-0.39, 0.29) is 58.1 Å². The summed E-state index contributed by atoms with van der Waals surface area (Å²) in [5, 5.41) is 12.3. The van der Waals surface area contributed by atoms with E-state index in [9.17, 15) is 40.3 Å². The van der Waals surface area contributed by atoms with Crippen LogP contribution in [-0.2, 0) is 58.5 Å². The Hall–Kier alpha value is -8.10. The van der Waals surface area contributed by atoms with E-state index in [1.54, 1.807) is 17.0 Å². The summed E-state index contributed by atoms with van der Waals surface area (Å²) < 4.78 is 80.5. The van der Waals surface area contributed by atoms with Crippen molar-refractivity contribution in [2.45, 2.75) is 172 Å². The number of rotatable bonds is 26. The van der Waals surface area contributed by atoms with Crippen LogP contribution in [0.1, 0.15) is 155 Å². The standard InChI is InChI=1S/C73H85N7O10S2/c1-8-9-19-45-77-62-30-17-15-28-59(62)72(4,5)65(77)41-33-51-24-22-25-52(71(51)90-54-35-37-55(38-36-54)91(84,85)86)34-42-66-73(6,7)60-48-56(92(87,88)89)39-40-63(60)78(66)46-20-10-11-32-67(82)74-44-43-68(83)79-49-53-23-12-13-26-57(53)70-69(58-27-14-16-29-61(58)79)75-76-80(70)47-21-18-31-64(81)50(2)3/h12-17,23,26-30,33-42,48,50H,8-11,18-22,24-25,31-32,43-47,49H2,1-7H3,(H2-,74,82,84,85,86,87,88,89)/p+1. The number of hydrogen-bond donors (Lipinski definition) is 3. The van der Waals surface area contributed by atoms with E-state index >= 15 is 0 Å². The summed E-state index contributed by atoms with van der Waals surface area (Å²) in [6.45, 7) is 17.1. The number of nitrogens with one attached hydrogen (secondary N) is 1. The van der Waals surface area contributed by atoms with Crippen molar-refractivity contribution in [3.63, 3.8) is 0 Å². The Morgan fingerprint density at radius 3 is 2.15 bits per heavy atom. The number of ketones is 1. The lowest BCUT2D eigenvalue weighted by atomic mass is 9.81. The van der Waals surface area contributed by atoms with Gasteiger partial charge in [-0.3, -0.25) is 23.5 Å². The molecular weight excluding hydrogens is 1200 g/mol. The third kappa shape index (κ3) is 14.7. The first-order valence-electron chi connectivity index (χ1n) is 32.4. The molecule has 0 saturated heterocycles. The van der Waals surface area contributed by atoms with Crippen molar-refractivity contribution in [1.82, 2.24) is 20.3 Å². The molecule has 484 valence electrons. The van der Waals surface area contributed by atoms with Crippen LogP contribution < -0.4 is 19.9 Å². The van der Waals surface area contributed by atoms with Crippen LogP contribution in [0.2, 0.25) is 0 Å². The number of hydrogen-bond acceptors (Lipinski definition) is 11. The zero-order valence-corrected chi connectivity index (χ0v) is 55.6. The van der Waals surface area contributed by atoms with Gasteiger partial charge in [0, 0.05) is 96.9 Å². The summed E-state index contributed by atoms with van der Waals surface area (Å²) in [7, 11) is -8.98. The summed E-state index contributed by atoms with van der Waals surface area (Å²) in [6.07, 6.45) is 18.2. The highest BCUT2D eigenvalue weighted by Crippen LogP contribution is 2.50. The molecule has 10 rings (SSSR count). The van der Waals surface area contributed by atoms with E-state index in [4.69, 9.17) is 4.74 Å². The number of aryl methyl sites for hydroxylation is 1. The number of nitrogens with zero attached hydrogens (tertiary/aromatic N) is 6. The number of benzene rings is 5. The van der Waals surface area contributed by atoms with Crippen LogP contribution in [0.5, 0.6) is 5.75 Å². The lowest BCUT2D eigenvalue weighted by Crippen LogP contribution is -2.35. The molecule has 6 aromatic rings. The van der Waals surface area contributed by atoms with Crippen molar-refractivity contribution < 1.29 is 49.6 Å². The highest BCUT2D eigenvalue weighted by Gasteiger charge is 2.44. The number of carbonyl (C=O) groups excluding carboxylic acids is 3. The van der Waals surface area contributed by atoms with E-state index in [2.05, 4.69) is 94.4 Å². The fourth-order valence-electron chi connectivity index (χ4n) is 13.3. The van der Waals surface area contributed by atoms with Gasteiger partial charge in [0.05, 0.1) is 33.1 Å². The molecule has 17 nitrogen and oxygen atoms in total. The van der Waals surface area contributed by atoms with Crippen LogP contribution in [0.25, 0.3) is 22.5 Å². The maximum Gasteiger partial charge on any atom is 0.294 e. The number of Topliss-reactive ketones (excluding diaryl/α,β-unsaturated/α-hetero) is 1. The first kappa shape index (κ1) is 66.8. The van der Waals surface area contributed by atoms with Crippen molar-refractivity contribution in [3.05, 3.63) is 179 Å². The zero-order chi connectivity index (χ0) is 65.5. The molecule has 0 bridgehead atoms. The van der Waals surface area contributed by atoms with E-state index in [0.29, 0.717) is 81.0 Å². The molecule has 5 aromatic carbocycles. The SMILES string of the molecule is CCCCC[N+]1=C(/C=C/C2=C(Oc3ccc(S(=O)(=O)O)cc3)C(=C/C=C3/N(CCCCCC(=O)NCCC(=O)N4Cc5ccccc5-c5c(nnn5CCCCC(=O)C(C)C)-c5ccccc54)c4ccc(S(=O)(=O)O)cc4C3(C)C)/CCC2)C(C)(C)c2ccccc21. The number of para-hydroxylation sites is 2. The second-order valence-corrected chi connectivity index (χ2v) is 28.6. The van der Waals surface area contributed by atoms with Crippen LogP contribution in [0.15, 0.2) is 172 Å². The Labute approximate surface area is 542 Å². The van der Waals surface area contributed by atoms with E-state index in [0.717, 1.165) is 95.5 Å². The van der Waals surface area contributed by atoms with Crippen LogP contribution in [-0.4, -0.2) is 88.5 Å². The minimum Gasteiger partial charge on any atom is -0.457 e. The number of amides is 2. The molecule has 3 N–H and O–H groups in total. The minimum absolute atomic E-state index is 0.00241. The fourth-order valence-corrected chi connectivity index (χ4v) is 14.3. The molecule has 4 aliphatic rings. The molecule has 1 aromatic heterocycles. The molecule has 0 saturated carbocycles. The van der Waals surface area contributed by atoms with E-state index < -0.39 is 25.7 Å². The number of ether oxygens (including phenoxy) is 1. The third-order valence-corrected chi connectivity index (χ3v) is 20.1. The molecule has 3 aliphatic heterocycles. The van der Waals surface area contributed by atoms with Gasteiger partial charge < -0.3 is 19.9 Å². The number of fused-ring (bicyclic) bond motifs is 7. The second kappa shape index (κ2) is 28.4. The second-order valence-electron chi connectivity index (χ2n) is 25.8. The number of anilines is 2. The van der Waals surface area contributed by atoms with Crippen LogP contribution in [0.3, 0.4) is 0 Å². The van der Waals surface area contributed by atoms with Gasteiger partial charge in [-0.15, -0.1) is 5.10 Å². The van der Waals surface area contributed by atoms with Gasteiger partial charge in [0.15, 0.2) is 5.71 Å². The monoisotopic (exact) mass is 1280 g/mol. The summed E-state index contributed by atoms with van der Waals surface area (Å²) in [6, 6.07) is 34.6. The van der Waals surface area contributed by atoms with E-state index in [1.165, 1.54) is 47.3 Å². The number of allylic oxidation sites excluding steroid dienone is 7. The largest absolute Gasteiger partial charge is 0.457 e. The summed E-state index contributed by atoms with van der Waals surface area (Å²) in [4.78, 5) is 43.6. The fraction of sp³-hybridized carbons (Fsp3) is 0.397. The molecule has 4 heterocycles. The molecule has 0 radical (unpaired) electrons. The molecule has 0 fully saturated rings. The van der Waals surface area contributed by atoms with Crippen molar-refractivity contribution in [1.29, 1.82) is 0 Å².